The quantitative estimate of drug-likeness (QED) is 0.225. The molecule has 3 heterocycles. The number of likely N-dealkylation sites (tertiary alicyclic amines) is 1. The molecule has 0 bridgehead atoms. The van der Waals surface area contributed by atoms with Gasteiger partial charge in [0.25, 0.3) is 17.7 Å². The predicted octanol–water partition coefficient (Wildman–Crippen LogP) is 6.08. The monoisotopic (exact) mass is 672 g/mol. The molecule has 3 aromatic carbocycles. The van der Waals surface area contributed by atoms with Crippen LogP contribution >= 0.6 is 0 Å². The second-order valence-corrected chi connectivity index (χ2v) is 14.5. The predicted molar refractivity (Wildman–Crippen MR) is 196 cm³/mol. The maximum absolute atomic E-state index is 13.5. The van der Waals surface area contributed by atoms with E-state index in [4.69, 9.17) is 0 Å². The number of nitrogens with zero attached hydrogens (tertiary/aromatic N) is 4. The van der Waals surface area contributed by atoms with Gasteiger partial charge in [-0.2, -0.15) is 0 Å². The maximum atomic E-state index is 13.5. The summed E-state index contributed by atoms with van der Waals surface area (Å²) < 4.78 is 2.21. The number of anilines is 1. The average molecular weight is 673 g/mol. The Balaban J connectivity index is 0.937. The molecule has 1 atom stereocenters. The van der Waals surface area contributed by atoms with Gasteiger partial charge in [-0.25, -0.2) is 0 Å². The molecule has 2 N–H and O–H groups in total. The number of aromatic nitrogens is 1. The number of carbonyl (C=O) groups is 3. The lowest BCUT2D eigenvalue weighted by atomic mass is 9.71. The molecule has 9 heteroatoms. The number of nitrogens with one attached hydrogen (secondary N) is 2. The lowest BCUT2D eigenvalue weighted by Gasteiger charge is -2.53. The molecule has 1 spiro atoms. The van der Waals surface area contributed by atoms with E-state index in [1.807, 2.05) is 54.6 Å². The second-order valence-electron chi connectivity index (χ2n) is 14.5. The normalized spacial score (nSPS) is 18.6. The van der Waals surface area contributed by atoms with Gasteiger partial charge in [-0.1, -0.05) is 36.4 Å². The number of benzene rings is 3. The zero-order chi connectivity index (χ0) is 34.8. The van der Waals surface area contributed by atoms with Crippen LogP contribution in [-0.2, 0) is 25.2 Å². The van der Waals surface area contributed by atoms with Crippen LogP contribution in [0.1, 0.15) is 91.6 Å². The van der Waals surface area contributed by atoms with Crippen LogP contribution in [0, 0.1) is 0 Å². The molecule has 0 radical (unpaired) electrons. The fourth-order valence-electron chi connectivity index (χ4n) is 7.98. The van der Waals surface area contributed by atoms with E-state index >= 15 is 0 Å². The summed E-state index contributed by atoms with van der Waals surface area (Å²) in [6.07, 6.45) is 5.71. The Kier molecular flexibility index (Phi) is 9.62. The van der Waals surface area contributed by atoms with Gasteiger partial charge in [-0.05, 0) is 117 Å². The smallest absolute Gasteiger partial charge is 0.268 e. The highest BCUT2D eigenvalue weighted by atomic mass is 16.2. The molecule has 0 unspecified atom stereocenters. The summed E-state index contributed by atoms with van der Waals surface area (Å²) in [4.78, 5) is 45.3. The Morgan fingerprint density at radius 2 is 1.48 bits per heavy atom. The largest absolute Gasteiger partial charge is 0.347 e. The molecule has 1 aliphatic carbocycles. The fraction of sp³-hybridized carbons (Fsp3) is 0.390. The van der Waals surface area contributed by atoms with Crippen molar-refractivity contribution < 1.29 is 14.4 Å². The summed E-state index contributed by atoms with van der Waals surface area (Å²) in [6.45, 7) is 5.03. The molecule has 2 fully saturated rings. The Morgan fingerprint density at radius 3 is 2.14 bits per heavy atom. The first-order chi connectivity index (χ1) is 24.2. The van der Waals surface area contributed by atoms with E-state index in [2.05, 4.69) is 62.4 Å². The maximum Gasteiger partial charge on any atom is 0.268 e. The molecular weight excluding hydrogens is 624 g/mol. The van der Waals surface area contributed by atoms with Gasteiger partial charge < -0.3 is 25.0 Å². The molecule has 1 saturated heterocycles. The minimum Gasteiger partial charge on any atom is -0.347 e. The van der Waals surface area contributed by atoms with Gasteiger partial charge in [-0.3, -0.25) is 19.3 Å². The van der Waals surface area contributed by atoms with E-state index in [9.17, 15) is 14.4 Å². The lowest BCUT2D eigenvalue weighted by molar-refractivity contribution is -0.0217. The number of rotatable bonds is 9. The first kappa shape index (κ1) is 33.8. The standard InChI is InChI=1S/C41H48N6O3/c1-44(2)40(50)33-11-7-30(8-12-33)27-46-24-25-47-36(19-20-37(47)41(46)21-5-22-41)39(49)42-26-29-9-17-35(18-10-29)43-38(48)32-15-13-31(14-16-32)34-6-4-23-45(3)28-34/h7-20,34H,4-6,21-28H2,1-3H3,(H,42,49)(H,43,48)/t34-/m1/s1. The Bertz CT molecular complexity index is 1840. The molecular formula is C41H48N6O3. The third-order valence-corrected chi connectivity index (χ3v) is 11.0. The van der Waals surface area contributed by atoms with E-state index in [0.29, 0.717) is 29.3 Å². The molecule has 50 heavy (non-hydrogen) atoms. The van der Waals surface area contributed by atoms with E-state index < -0.39 is 0 Å². The van der Waals surface area contributed by atoms with Gasteiger partial charge in [0, 0.05) is 69.3 Å². The molecule has 2 aliphatic heterocycles. The number of hydrogen-bond donors (Lipinski definition) is 2. The highest BCUT2D eigenvalue weighted by Crippen LogP contribution is 2.49. The van der Waals surface area contributed by atoms with Crippen molar-refractivity contribution in [3.63, 3.8) is 0 Å². The minimum absolute atomic E-state index is 0.00854. The molecule has 1 saturated carbocycles. The first-order valence-corrected chi connectivity index (χ1v) is 17.9. The molecule has 260 valence electrons. The molecule has 3 amide bonds. The van der Waals surface area contributed by atoms with Crippen LogP contribution in [0.5, 0.6) is 0 Å². The van der Waals surface area contributed by atoms with Crippen LogP contribution in [0.25, 0.3) is 0 Å². The van der Waals surface area contributed by atoms with Crippen molar-refractivity contribution in [1.29, 1.82) is 0 Å². The zero-order valence-electron chi connectivity index (χ0n) is 29.5. The van der Waals surface area contributed by atoms with Gasteiger partial charge >= 0.3 is 0 Å². The summed E-state index contributed by atoms with van der Waals surface area (Å²) in [5, 5.41) is 6.12. The number of amides is 3. The Hall–Kier alpha value is -4.73. The number of fused-ring (bicyclic) bond motifs is 2. The Labute approximate surface area is 295 Å². The lowest BCUT2D eigenvalue weighted by Crippen LogP contribution is -2.56. The van der Waals surface area contributed by atoms with E-state index in [1.165, 1.54) is 36.1 Å². The van der Waals surface area contributed by atoms with Crippen molar-refractivity contribution in [1.82, 2.24) is 24.6 Å². The summed E-state index contributed by atoms with van der Waals surface area (Å²) in [5.41, 5.74) is 7.35. The average Bonchev–Trinajstić information content (AvgIpc) is 3.55. The van der Waals surface area contributed by atoms with Gasteiger partial charge in [0.05, 0.1) is 5.54 Å². The van der Waals surface area contributed by atoms with E-state index in [-0.39, 0.29) is 23.3 Å². The molecule has 7 rings (SSSR count). The van der Waals surface area contributed by atoms with Crippen LogP contribution in [0.15, 0.2) is 84.9 Å². The number of likely N-dealkylation sites (N-methyl/N-ethyl adjacent to an activating group) is 1. The topological polar surface area (TPSA) is 89.9 Å². The van der Waals surface area contributed by atoms with Crippen molar-refractivity contribution in [3.8, 4) is 0 Å². The van der Waals surface area contributed by atoms with Gasteiger partial charge in [0.2, 0.25) is 0 Å². The highest BCUT2D eigenvalue weighted by Gasteiger charge is 2.48. The van der Waals surface area contributed by atoms with Crippen molar-refractivity contribution in [2.24, 2.45) is 0 Å². The number of carbonyl (C=O) groups excluding carboxylic acids is 3. The number of piperidine rings is 1. The fourth-order valence-corrected chi connectivity index (χ4v) is 7.98. The van der Waals surface area contributed by atoms with Crippen molar-refractivity contribution >= 4 is 23.4 Å². The highest BCUT2D eigenvalue weighted by molar-refractivity contribution is 6.04. The summed E-state index contributed by atoms with van der Waals surface area (Å²) in [6, 6.07) is 27.7. The van der Waals surface area contributed by atoms with E-state index in [1.54, 1.807) is 19.0 Å². The van der Waals surface area contributed by atoms with Crippen molar-refractivity contribution in [2.45, 2.75) is 63.2 Å². The molecule has 3 aliphatic rings. The van der Waals surface area contributed by atoms with Crippen molar-refractivity contribution in [2.75, 3.05) is 46.1 Å². The third-order valence-electron chi connectivity index (χ3n) is 11.0. The zero-order valence-corrected chi connectivity index (χ0v) is 29.5. The molecule has 4 aromatic rings. The van der Waals surface area contributed by atoms with Crippen molar-refractivity contribution in [3.05, 3.63) is 124 Å². The third kappa shape index (κ3) is 6.85. The SMILES string of the molecule is CN1CCC[C@@H](c2ccc(C(=O)Nc3ccc(CNC(=O)c4ccc5n4CCN(Cc4ccc(C(=O)N(C)C)cc4)C54CCC4)cc3)cc2)C1. The minimum atomic E-state index is -0.131. The van der Waals surface area contributed by atoms with Crippen LogP contribution in [0.2, 0.25) is 0 Å². The van der Waals surface area contributed by atoms with Gasteiger partial charge in [-0.15, -0.1) is 0 Å². The summed E-state index contributed by atoms with van der Waals surface area (Å²) in [7, 11) is 5.71. The first-order valence-electron chi connectivity index (χ1n) is 17.9. The number of hydrogen-bond acceptors (Lipinski definition) is 5. The second kappa shape index (κ2) is 14.2. The summed E-state index contributed by atoms with van der Waals surface area (Å²) >= 11 is 0. The Morgan fingerprint density at radius 1 is 0.780 bits per heavy atom. The van der Waals surface area contributed by atoms with Crippen LogP contribution in [-0.4, -0.2) is 77.8 Å². The summed E-state index contributed by atoms with van der Waals surface area (Å²) in [5.74, 6) is 0.318. The van der Waals surface area contributed by atoms with E-state index in [0.717, 1.165) is 56.8 Å². The van der Waals surface area contributed by atoms with Crippen LogP contribution in [0.4, 0.5) is 5.69 Å². The molecule has 1 aromatic heterocycles. The van der Waals surface area contributed by atoms with Crippen LogP contribution in [0.3, 0.4) is 0 Å². The van der Waals surface area contributed by atoms with Gasteiger partial charge in [0.1, 0.15) is 5.69 Å². The molecule has 9 nitrogen and oxygen atoms in total. The van der Waals surface area contributed by atoms with Gasteiger partial charge in [0.15, 0.2) is 0 Å². The van der Waals surface area contributed by atoms with Crippen LogP contribution < -0.4 is 10.6 Å².